The van der Waals surface area contributed by atoms with Gasteiger partial charge in [-0.05, 0) is 30.9 Å². The monoisotopic (exact) mass is 360 g/mol. The Morgan fingerprint density at radius 1 is 1.12 bits per heavy atom. The van der Waals surface area contributed by atoms with Gasteiger partial charge in [0, 0.05) is 39.8 Å². The molecular formula is C20H32N4O2. The van der Waals surface area contributed by atoms with Crippen molar-refractivity contribution in [3.63, 3.8) is 0 Å². The maximum Gasteiger partial charge on any atom is 0.289 e. The predicted octanol–water partition coefficient (Wildman–Crippen LogP) is 2.97. The van der Waals surface area contributed by atoms with Crippen LogP contribution in [0.2, 0.25) is 0 Å². The topological polar surface area (TPSA) is 61.1 Å². The van der Waals surface area contributed by atoms with Crippen LogP contribution in [0.3, 0.4) is 0 Å². The Balaban J connectivity index is 1.45. The van der Waals surface area contributed by atoms with Gasteiger partial charge in [0.1, 0.15) is 0 Å². The summed E-state index contributed by atoms with van der Waals surface area (Å²) in [5.41, 5.74) is 0. The van der Waals surface area contributed by atoms with Crippen LogP contribution < -0.4 is 5.32 Å². The van der Waals surface area contributed by atoms with E-state index >= 15 is 0 Å². The minimum atomic E-state index is -0.0212. The fourth-order valence-electron chi connectivity index (χ4n) is 3.99. The van der Waals surface area contributed by atoms with Crippen molar-refractivity contribution >= 4 is 11.9 Å². The summed E-state index contributed by atoms with van der Waals surface area (Å²) >= 11 is 0. The molecule has 26 heavy (non-hydrogen) atoms. The van der Waals surface area contributed by atoms with Crippen LogP contribution in [0.1, 0.15) is 55.5 Å². The highest BCUT2D eigenvalue weighted by Gasteiger charge is 2.25. The molecular weight excluding hydrogens is 328 g/mol. The van der Waals surface area contributed by atoms with E-state index in [1.54, 1.807) is 18.4 Å². The Morgan fingerprint density at radius 2 is 1.77 bits per heavy atom. The van der Waals surface area contributed by atoms with Crippen LogP contribution in [0.5, 0.6) is 0 Å². The molecule has 144 valence electrons. The first-order chi connectivity index (χ1) is 12.8. The molecule has 1 aliphatic carbocycles. The lowest BCUT2D eigenvalue weighted by Crippen LogP contribution is -2.54. The summed E-state index contributed by atoms with van der Waals surface area (Å²) in [5, 5.41) is 3.58. The molecule has 1 amide bonds. The number of aliphatic imine (C=N–C) groups is 1. The van der Waals surface area contributed by atoms with E-state index in [-0.39, 0.29) is 5.91 Å². The van der Waals surface area contributed by atoms with Crippen LogP contribution in [0, 0.1) is 5.92 Å². The van der Waals surface area contributed by atoms with Gasteiger partial charge in [0.2, 0.25) is 0 Å². The van der Waals surface area contributed by atoms with Crippen molar-refractivity contribution < 1.29 is 9.21 Å². The molecule has 0 radical (unpaired) electrons. The van der Waals surface area contributed by atoms with E-state index in [9.17, 15) is 4.79 Å². The Kier molecular flexibility index (Phi) is 6.97. The minimum Gasteiger partial charge on any atom is -0.459 e. The lowest BCUT2D eigenvalue weighted by molar-refractivity contribution is 0.0657. The van der Waals surface area contributed by atoms with Crippen LogP contribution in [0.4, 0.5) is 0 Å². The fraction of sp³-hybridized carbons (Fsp3) is 0.700. The number of carbonyl (C=O) groups excluding carboxylic acids is 1. The van der Waals surface area contributed by atoms with E-state index in [2.05, 4.69) is 15.2 Å². The molecule has 1 N–H and O–H groups in total. The number of hydrogen-bond donors (Lipinski definition) is 1. The minimum absolute atomic E-state index is 0.0212. The summed E-state index contributed by atoms with van der Waals surface area (Å²) < 4.78 is 5.23. The van der Waals surface area contributed by atoms with Gasteiger partial charge in [-0.1, -0.05) is 32.1 Å². The highest BCUT2D eigenvalue weighted by atomic mass is 16.3. The number of rotatable bonds is 3. The lowest BCUT2D eigenvalue weighted by Gasteiger charge is -2.36. The number of amides is 1. The van der Waals surface area contributed by atoms with Gasteiger partial charge in [0.05, 0.1) is 6.26 Å². The van der Waals surface area contributed by atoms with Crippen molar-refractivity contribution in [1.29, 1.82) is 0 Å². The van der Waals surface area contributed by atoms with Crippen molar-refractivity contribution in [1.82, 2.24) is 15.1 Å². The summed E-state index contributed by atoms with van der Waals surface area (Å²) in [4.78, 5) is 21.0. The quantitative estimate of drug-likeness (QED) is 0.665. The third kappa shape index (κ3) is 5.02. The zero-order valence-corrected chi connectivity index (χ0v) is 16.0. The van der Waals surface area contributed by atoms with Crippen LogP contribution >= 0.6 is 0 Å². The van der Waals surface area contributed by atoms with E-state index in [0.29, 0.717) is 18.8 Å². The molecule has 0 spiro atoms. The van der Waals surface area contributed by atoms with Crippen molar-refractivity contribution in [3.8, 4) is 0 Å². The standard InChI is InChI=1S/C20H32N4O2/c1-21-20(22-16-17-8-5-3-2-4-6-9-17)24-13-11-23(12-14-24)19(25)18-10-7-15-26-18/h7,10,15,17H,2-6,8-9,11-14,16H2,1H3,(H,21,22). The highest BCUT2D eigenvalue weighted by Crippen LogP contribution is 2.21. The van der Waals surface area contributed by atoms with Gasteiger partial charge in [-0.25, -0.2) is 0 Å². The lowest BCUT2D eigenvalue weighted by atomic mass is 9.91. The normalized spacial score (nSPS) is 20.6. The SMILES string of the molecule is CN=C(NCC1CCCCCCC1)N1CCN(C(=O)c2ccco2)CC1. The Hall–Kier alpha value is -1.98. The fourth-order valence-corrected chi connectivity index (χ4v) is 3.99. The molecule has 2 fully saturated rings. The van der Waals surface area contributed by atoms with Crippen LogP contribution in [-0.2, 0) is 0 Å². The maximum atomic E-state index is 12.4. The highest BCUT2D eigenvalue weighted by molar-refractivity contribution is 5.91. The molecule has 2 aliphatic rings. The van der Waals surface area contributed by atoms with E-state index in [4.69, 9.17) is 4.42 Å². The van der Waals surface area contributed by atoms with Gasteiger partial charge in [-0.3, -0.25) is 9.79 Å². The number of guanidine groups is 1. The molecule has 0 atom stereocenters. The van der Waals surface area contributed by atoms with E-state index in [1.165, 1.54) is 44.9 Å². The molecule has 1 saturated heterocycles. The summed E-state index contributed by atoms with van der Waals surface area (Å²) in [6.45, 7) is 4.01. The van der Waals surface area contributed by atoms with E-state index < -0.39 is 0 Å². The number of furan rings is 1. The smallest absolute Gasteiger partial charge is 0.289 e. The van der Waals surface area contributed by atoms with Gasteiger partial charge in [0.15, 0.2) is 11.7 Å². The zero-order valence-electron chi connectivity index (χ0n) is 16.0. The van der Waals surface area contributed by atoms with E-state index in [0.717, 1.165) is 31.5 Å². The molecule has 2 heterocycles. The van der Waals surface area contributed by atoms with Gasteiger partial charge in [0.25, 0.3) is 5.91 Å². The molecule has 0 aromatic carbocycles. The molecule has 6 heteroatoms. The second-order valence-electron chi connectivity index (χ2n) is 7.40. The summed E-state index contributed by atoms with van der Waals surface area (Å²) in [5.74, 6) is 2.13. The maximum absolute atomic E-state index is 12.4. The first-order valence-corrected chi connectivity index (χ1v) is 10.1. The predicted molar refractivity (Wildman–Crippen MR) is 103 cm³/mol. The molecule has 1 aromatic heterocycles. The van der Waals surface area contributed by atoms with Crippen LogP contribution in [0.15, 0.2) is 27.8 Å². The number of nitrogens with one attached hydrogen (secondary N) is 1. The second kappa shape index (κ2) is 9.64. The molecule has 3 rings (SSSR count). The molecule has 6 nitrogen and oxygen atoms in total. The average Bonchev–Trinajstić information content (AvgIpc) is 3.18. The van der Waals surface area contributed by atoms with Crippen molar-refractivity contribution in [2.45, 2.75) is 44.9 Å². The number of nitrogens with zero attached hydrogens (tertiary/aromatic N) is 3. The molecule has 0 unspecified atom stereocenters. The van der Waals surface area contributed by atoms with Gasteiger partial charge < -0.3 is 19.5 Å². The summed E-state index contributed by atoms with van der Waals surface area (Å²) in [6.07, 6.45) is 11.1. The summed E-state index contributed by atoms with van der Waals surface area (Å²) in [7, 11) is 1.85. The van der Waals surface area contributed by atoms with E-state index in [1.807, 2.05) is 11.9 Å². The Morgan fingerprint density at radius 3 is 2.38 bits per heavy atom. The van der Waals surface area contributed by atoms with Gasteiger partial charge >= 0.3 is 0 Å². The van der Waals surface area contributed by atoms with Crippen LogP contribution in [-0.4, -0.2) is 61.4 Å². The largest absolute Gasteiger partial charge is 0.459 e. The number of piperazine rings is 1. The third-order valence-electron chi connectivity index (χ3n) is 5.58. The molecule has 0 bridgehead atoms. The Labute approximate surface area is 156 Å². The molecule has 1 aromatic rings. The average molecular weight is 361 g/mol. The third-order valence-corrected chi connectivity index (χ3v) is 5.58. The van der Waals surface area contributed by atoms with Gasteiger partial charge in [-0.15, -0.1) is 0 Å². The molecule has 1 saturated carbocycles. The second-order valence-corrected chi connectivity index (χ2v) is 7.40. The van der Waals surface area contributed by atoms with Crippen LogP contribution in [0.25, 0.3) is 0 Å². The summed E-state index contributed by atoms with van der Waals surface area (Å²) in [6, 6.07) is 3.48. The zero-order chi connectivity index (χ0) is 18.2. The Bertz CT molecular complexity index is 569. The molecule has 1 aliphatic heterocycles. The van der Waals surface area contributed by atoms with Crippen molar-refractivity contribution in [2.75, 3.05) is 39.8 Å². The van der Waals surface area contributed by atoms with Gasteiger partial charge in [-0.2, -0.15) is 0 Å². The first-order valence-electron chi connectivity index (χ1n) is 10.1. The number of carbonyl (C=O) groups is 1. The van der Waals surface area contributed by atoms with Crippen molar-refractivity contribution in [2.24, 2.45) is 10.9 Å². The first kappa shape index (κ1) is 18.8. The van der Waals surface area contributed by atoms with Crippen molar-refractivity contribution in [3.05, 3.63) is 24.2 Å². The number of hydrogen-bond acceptors (Lipinski definition) is 3.